The van der Waals surface area contributed by atoms with Crippen LogP contribution in [-0.2, 0) is 34.0 Å². The van der Waals surface area contributed by atoms with Gasteiger partial charge in [-0.15, -0.1) is 0 Å². The molecule has 0 radical (unpaired) electrons. The van der Waals surface area contributed by atoms with Gasteiger partial charge in [-0.25, -0.2) is 0 Å². The van der Waals surface area contributed by atoms with E-state index in [2.05, 4.69) is 0 Å². The molecule has 0 saturated carbocycles. The zero-order valence-electron chi connectivity index (χ0n) is 17.4. The molecule has 0 heterocycles. The van der Waals surface area contributed by atoms with E-state index >= 15 is 0 Å². The van der Waals surface area contributed by atoms with Gasteiger partial charge in [0.05, 0.1) is 32.5 Å². The minimum Gasteiger partial charge on any atom is -0.391 e. The maximum atomic E-state index is 10.4. The van der Waals surface area contributed by atoms with Crippen LogP contribution in [0.25, 0.3) is 0 Å². The van der Waals surface area contributed by atoms with Crippen molar-refractivity contribution < 1.29 is 19.3 Å². The van der Waals surface area contributed by atoms with Gasteiger partial charge in [-0.3, -0.25) is 0 Å². The van der Waals surface area contributed by atoms with Gasteiger partial charge in [0.25, 0.3) is 0 Å². The van der Waals surface area contributed by atoms with E-state index in [1.807, 2.05) is 91.0 Å². The molecule has 0 aliphatic rings. The quantitative estimate of drug-likeness (QED) is 0.471. The van der Waals surface area contributed by atoms with E-state index < -0.39 is 18.3 Å². The van der Waals surface area contributed by atoms with Gasteiger partial charge in [0.1, 0.15) is 12.2 Å². The van der Waals surface area contributed by atoms with Gasteiger partial charge in [-0.05, 0) is 23.6 Å². The summed E-state index contributed by atoms with van der Waals surface area (Å²) in [5, 5.41) is 10.4. The molecule has 3 atom stereocenters. The van der Waals surface area contributed by atoms with Crippen LogP contribution in [0.2, 0.25) is 0 Å². The third kappa shape index (κ3) is 7.39. The highest BCUT2D eigenvalue weighted by molar-refractivity contribution is 5.15. The molecule has 1 unspecified atom stereocenters. The van der Waals surface area contributed by atoms with E-state index in [4.69, 9.17) is 14.2 Å². The van der Waals surface area contributed by atoms with Crippen LogP contribution in [0.1, 0.15) is 23.6 Å². The molecule has 0 spiro atoms. The average molecular weight is 407 g/mol. The van der Waals surface area contributed by atoms with Crippen molar-refractivity contribution in [2.75, 3.05) is 6.61 Å². The Morgan fingerprint density at radius 2 is 1.07 bits per heavy atom. The molecule has 4 nitrogen and oxygen atoms in total. The van der Waals surface area contributed by atoms with Crippen molar-refractivity contribution in [3.05, 3.63) is 108 Å². The molecule has 3 aromatic rings. The van der Waals surface area contributed by atoms with Gasteiger partial charge in [-0.1, -0.05) is 91.0 Å². The van der Waals surface area contributed by atoms with E-state index in [0.717, 1.165) is 16.7 Å². The summed E-state index contributed by atoms with van der Waals surface area (Å²) in [5.74, 6) is 0. The van der Waals surface area contributed by atoms with E-state index in [1.165, 1.54) is 0 Å². The smallest absolute Gasteiger partial charge is 0.112 e. The Morgan fingerprint density at radius 3 is 1.53 bits per heavy atom. The van der Waals surface area contributed by atoms with E-state index in [-0.39, 0.29) is 0 Å². The molecule has 0 bridgehead atoms. The van der Waals surface area contributed by atoms with Crippen LogP contribution in [0.3, 0.4) is 0 Å². The summed E-state index contributed by atoms with van der Waals surface area (Å²) in [6.07, 6.45) is -1.61. The van der Waals surface area contributed by atoms with Gasteiger partial charge in [0.15, 0.2) is 0 Å². The van der Waals surface area contributed by atoms with Crippen LogP contribution >= 0.6 is 0 Å². The monoisotopic (exact) mass is 406 g/mol. The Kier molecular flexibility index (Phi) is 9.06. The third-order valence-corrected chi connectivity index (χ3v) is 4.83. The summed E-state index contributed by atoms with van der Waals surface area (Å²) < 4.78 is 18.2. The predicted molar refractivity (Wildman–Crippen MR) is 118 cm³/mol. The van der Waals surface area contributed by atoms with Crippen molar-refractivity contribution in [1.82, 2.24) is 0 Å². The summed E-state index contributed by atoms with van der Waals surface area (Å²) in [5.41, 5.74) is 3.21. The number of hydrogen-bond acceptors (Lipinski definition) is 4. The molecule has 0 aliphatic carbocycles. The lowest BCUT2D eigenvalue weighted by Crippen LogP contribution is -2.42. The number of ether oxygens (including phenoxy) is 3. The molecule has 30 heavy (non-hydrogen) atoms. The first kappa shape index (κ1) is 22.2. The highest BCUT2D eigenvalue weighted by Gasteiger charge is 2.28. The normalized spacial score (nSPS) is 14.2. The Bertz CT molecular complexity index is 821. The Hall–Kier alpha value is -2.50. The lowest BCUT2D eigenvalue weighted by atomic mass is 10.1. The second-order valence-electron chi connectivity index (χ2n) is 7.34. The summed E-state index contributed by atoms with van der Waals surface area (Å²) in [4.78, 5) is 0. The fraction of sp³-hybridized carbons (Fsp3) is 0.308. The lowest BCUT2D eigenvalue weighted by Gasteiger charge is -2.29. The Morgan fingerprint density at radius 1 is 0.633 bits per heavy atom. The van der Waals surface area contributed by atoms with Crippen LogP contribution < -0.4 is 0 Å². The highest BCUT2D eigenvalue weighted by Crippen LogP contribution is 2.16. The molecule has 3 aromatic carbocycles. The Labute approximate surface area is 179 Å². The first-order valence-corrected chi connectivity index (χ1v) is 10.3. The number of aliphatic hydroxyl groups is 1. The minimum absolute atomic E-state index is 0.325. The largest absolute Gasteiger partial charge is 0.391 e. The van der Waals surface area contributed by atoms with Crippen molar-refractivity contribution in [3.63, 3.8) is 0 Å². The van der Waals surface area contributed by atoms with Crippen LogP contribution in [0.15, 0.2) is 91.0 Å². The Balaban J connectivity index is 1.64. The molecule has 158 valence electrons. The van der Waals surface area contributed by atoms with Gasteiger partial charge in [0.2, 0.25) is 0 Å². The molecule has 0 aliphatic heterocycles. The molecule has 1 N–H and O–H groups in total. The highest BCUT2D eigenvalue weighted by atomic mass is 16.6. The summed E-state index contributed by atoms with van der Waals surface area (Å²) in [6, 6.07) is 29.9. The molecule has 0 amide bonds. The first-order valence-electron chi connectivity index (χ1n) is 10.3. The maximum absolute atomic E-state index is 10.4. The van der Waals surface area contributed by atoms with E-state index in [0.29, 0.717) is 26.4 Å². The van der Waals surface area contributed by atoms with Crippen molar-refractivity contribution in [3.8, 4) is 0 Å². The molecular weight excluding hydrogens is 376 g/mol. The second-order valence-corrected chi connectivity index (χ2v) is 7.34. The molecular formula is C26H30O4. The topological polar surface area (TPSA) is 47.9 Å². The van der Waals surface area contributed by atoms with E-state index in [9.17, 15) is 5.11 Å². The minimum atomic E-state index is -0.699. The standard InChI is InChI=1S/C26H30O4/c1-21(27)26(30-19-24-15-9-4-10-16-24)25(29-18-23-13-7-3-8-14-23)20-28-17-22-11-5-2-6-12-22/h2-16,21,25-27H,17-20H2,1H3/t21?,25-,26-/m1/s1. The van der Waals surface area contributed by atoms with E-state index in [1.54, 1.807) is 6.92 Å². The predicted octanol–water partition coefficient (Wildman–Crippen LogP) is 4.75. The molecule has 0 saturated heterocycles. The molecule has 3 rings (SSSR count). The van der Waals surface area contributed by atoms with Crippen LogP contribution in [0.5, 0.6) is 0 Å². The van der Waals surface area contributed by atoms with Crippen molar-refractivity contribution >= 4 is 0 Å². The fourth-order valence-electron chi connectivity index (χ4n) is 3.21. The average Bonchev–Trinajstić information content (AvgIpc) is 2.79. The number of hydrogen-bond donors (Lipinski definition) is 1. The zero-order valence-corrected chi connectivity index (χ0v) is 17.4. The summed E-state index contributed by atoms with van der Waals surface area (Å²) in [7, 11) is 0. The maximum Gasteiger partial charge on any atom is 0.112 e. The van der Waals surface area contributed by atoms with Gasteiger partial charge < -0.3 is 19.3 Å². The van der Waals surface area contributed by atoms with Gasteiger partial charge in [0, 0.05) is 0 Å². The van der Waals surface area contributed by atoms with Crippen molar-refractivity contribution in [1.29, 1.82) is 0 Å². The fourth-order valence-corrected chi connectivity index (χ4v) is 3.21. The number of benzene rings is 3. The molecule has 0 fully saturated rings. The third-order valence-electron chi connectivity index (χ3n) is 4.83. The lowest BCUT2D eigenvalue weighted by molar-refractivity contribution is -0.149. The van der Waals surface area contributed by atoms with Crippen molar-refractivity contribution in [2.45, 2.75) is 45.1 Å². The second kappa shape index (κ2) is 12.3. The molecule has 4 heteroatoms. The van der Waals surface area contributed by atoms with Gasteiger partial charge in [-0.2, -0.15) is 0 Å². The van der Waals surface area contributed by atoms with Crippen LogP contribution in [0, 0.1) is 0 Å². The summed E-state index contributed by atoms with van der Waals surface area (Å²) in [6.45, 7) is 3.37. The van der Waals surface area contributed by atoms with Gasteiger partial charge >= 0.3 is 0 Å². The zero-order chi connectivity index (χ0) is 21.0. The number of aliphatic hydroxyl groups excluding tert-OH is 1. The van der Waals surface area contributed by atoms with Crippen LogP contribution in [-0.4, -0.2) is 30.0 Å². The molecule has 0 aromatic heterocycles. The first-order chi connectivity index (χ1) is 14.7. The summed E-state index contributed by atoms with van der Waals surface area (Å²) >= 11 is 0. The van der Waals surface area contributed by atoms with Crippen molar-refractivity contribution in [2.24, 2.45) is 0 Å². The number of rotatable bonds is 12. The van der Waals surface area contributed by atoms with Crippen LogP contribution in [0.4, 0.5) is 0 Å². The SMILES string of the molecule is CC(O)[C@@H](OCc1ccccc1)[C@@H](COCc1ccccc1)OCc1ccccc1.